The third-order valence-electron chi connectivity index (χ3n) is 5.56. The van der Waals surface area contributed by atoms with E-state index in [1.165, 1.54) is 23.8 Å². The van der Waals surface area contributed by atoms with Crippen LogP contribution in [-0.2, 0) is 11.3 Å². The van der Waals surface area contributed by atoms with Crippen molar-refractivity contribution in [1.82, 2.24) is 35.4 Å². The number of carbonyl (C=O) groups is 2. The molecular weight excluding hydrogens is 338 g/mol. The van der Waals surface area contributed by atoms with Gasteiger partial charge in [-0.2, -0.15) is 4.80 Å². The van der Waals surface area contributed by atoms with Gasteiger partial charge in [0.2, 0.25) is 5.91 Å². The summed E-state index contributed by atoms with van der Waals surface area (Å²) in [6, 6.07) is 0.116. The molecule has 0 bridgehead atoms. The van der Waals surface area contributed by atoms with Crippen molar-refractivity contribution in [2.75, 3.05) is 13.1 Å². The molecule has 0 spiro atoms. The van der Waals surface area contributed by atoms with E-state index in [2.05, 4.69) is 25.7 Å². The van der Waals surface area contributed by atoms with E-state index in [1.807, 2.05) is 4.90 Å². The molecule has 2 unspecified atom stereocenters. The Kier molecular flexibility index (Phi) is 4.39. The highest BCUT2D eigenvalue weighted by atomic mass is 16.3. The lowest BCUT2D eigenvalue weighted by Crippen LogP contribution is -2.50. The van der Waals surface area contributed by atoms with Gasteiger partial charge in [0, 0.05) is 24.5 Å². The maximum Gasteiger partial charge on any atom is 0.276 e. The zero-order valence-corrected chi connectivity index (χ0v) is 14.4. The highest BCUT2D eigenvalue weighted by Crippen LogP contribution is 2.46. The minimum absolute atomic E-state index is 0.0440. The molecular formula is C16H21N7O3. The monoisotopic (exact) mass is 359 g/mol. The molecule has 2 aromatic rings. The van der Waals surface area contributed by atoms with E-state index in [9.17, 15) is 9.59 Å². The molecule has 1 N–H and O–H groups in total. The van der Waals surface area contributed by atoms with E-state index < -0.39 is 0 Å². The maximum absolute atomic E-state index is 12.7. The number of nitrogens with zero attached hydrogens (tertiary/aromatic N) is 6. The molecule has 1 aliphatic heterocycles. The van der Waals surface area contributed by atoms with Gasteiger partial charge in [-0.15, -0.1) is 10.2 Å². The first kappa shape index (κ1) is 16.7. The molecule has 3 heterocycles. The Bertz CT molecular complexity index is 761. The van der Waals surface area contributed by atoms with Crippen LogP contribution in [0.15, 0.2) is 23.4 Å². The predicted molar refractivity (Wildman–Crippen MR) is 87.7 cm³/mol. The summed E-state index contributed by atoms with van der Waals surface area (Å²) in [6.07, 6.45) is 8.99. The third kappa shape index (κ3) is 3.06. The molecule has 0 radical (unpaired) electrons. The van der Waals surface area contributed by atoms with Gasteiger partial charge in [0.1, 0.15) is 12.8 Å². The van der Waals surface area contributed by atoms with Gasteiger partial charge in [0.15, 0.2) is 18.4 Å². The number of nitrogens with one attached hydrogen (secondary N) is 1. The van der Waals surface area contributed by atoms with Gasteiger partial charge >= 0.3 is 0 Å². The van der Waals surface area contributed by atoms with Crippen LogP contribution >= 0.6 is 0 Å². The average molecular weight is 359 g/mol. The van der Waals surface area contributed by atoms with Crippen molar-refractivity contribution in [2.45, 2.75) is 44.7 Å². The summed E-state index contributed by atoms with van der Waals surface area (Å²) in [7, 11) is 0. The molecule has 1 saturated heterocycles. The molecule has 2 aliphatic rings. The normalized spacial score (nSPS) is 25.1. The third-order valence-corrected chi connectivity index (χ3v) is 5.56. The molecule has 1 saturated carbocycles. The second kappa shape index (κ2) is 6.85. The van der Waals surface area contributed by atoms with Crippen LogP contribution in [0.25, 0.3) is 0 Å². The highest BCUT2D eigenvalue weighted by Gasteiger charge is 2.50. The number of amides is 2. The summed E-state index contributed by atoms with van der Waals surface area (Å²) in [4.78, 5) is 32.1. The average Bonchev–Trinajstić information content (AvgIpc) is 3.40. The first-order valence-corrected chi connectivity index (χ1v) is 8.85. The second-order valence-electron chi connectivity index (χ2n) is 6.99. The van der Waals surface area contributed by atoms with E-state index in [0.29, 0.717) is 18.8 Å². The zero-order chi connectivity index (χ0) is 18.0. The molecule has 2 aromatic heterocycles. The number of likely N-dealkylation sites (tertiary alicyclic amines) is 1. The number of carbonyl (C=O) groups excluding carboxylic acids is 2. The van der Waals surface area contributed by atoms with Gasteiger partial charge in [-0.05, 0) is 24.5 Å². The fraction of sp³-hybridized carbons (Fsp3) is 0.625. The minimum Gasteiger partial charge on any atom is -0.451 e. The van der Waals surface area contributed by atoms with Gasteiger partial charge in [-0.3, -0.25) is 9.59 Å². The van der Waals surface area contributed by atoms with Crippen molar-refractivity contribution >= 4 is 11.8 Å². The Morgan fingerprint density at radius 1 is 1.35 bits per heavy atom. The number of hydrogen-bond acceptors (Lipinski definition) is 7. The standard InChI is InChI=1S/C16H21N7O3/c24-14(7-23-20-10-19-21-23)17-9-16-4-2-1-3-13(16)22(6-5-16)15(25)12-8-26-11-18-12/h8,10-11,13H,1-7,9H2,(H,17,24). The zero-order valence-electron chi connectivity index (χ0n) is 14.4. The number of rotatable bonds is 5. The van der Waals surface area contributed by atoms with Crippen molar-refractivity contribution in [3.8, 4) is 0 Å². The van der Waals surface area contributed by atoms with Gasteiger partial charge in [0.25, 0.3) is 5.91 Å². The van der Waals surface area contributed by atoms with Crippen LogP contribution in [0.1, 0.15) is 42.6 Å². The summed E-state index contributed by atoms with van der Waals surface area (Å²) in [5.74, 6) is -0.242. The van der Waals surface area contributed by atoms with Crippen LogP contribution in [0.3, 0.4) is 0 Å². The Morgan fingerprint density at radius 2 is 2.27 bits per heavy atom. The number of fused-ring (bicyclic) bond motifs is 1. The molecule has 1 aliphatic carbocycles. The van der Waals surface area contributed by atoms with Crippen molar-refractivity contribution in [3.63, 3.8) is 0 Å². The number of aromatic nitrogens is 5. The number of tetrazole rings is 1. The molecule has 2 amide bonds. The summed E-state index contributed by atoms with van der Waals surface area (Å²) in [5.41, 5.74) is 0.260. The van der Waals surface area contributed by atoms with E-state index in [1.54, 1.807) is 0 Å². The molecule has 10 heteroatoms. The predicted octanol–water partition coefficient (Wildman–Crippen LogP) is 0.252. The Hall–Kier alpha value is -2.78. The van der Waals surface area contributed by atoms with Crippen LogP contribution in [0.2, 0.25) is 0 Å². The summed E-state index contributed by atoms with van der Waals surface area (Å²) >= 11 is 0. The largest absolute Gasteiger partial charge is 0.451 e. The number of hydrogen-bond donors (Lipinski definition) is 1. The van der Waals surface area contributed by atoms with Crippen molar-refractivity contribution in [2.24, 2.45) is 5.41 Å². The fourth-order valence-corrected chi connectivity index (χ4v) is 4.29. The molecule has 26 heavy (non-hydrogen) atoms. The van der Waals surface area contributed by atoms with E-state index in [4.69, 9.17) is 4.42 Å². The summed E-state index contributed by atoms with van der Waals surface area (Å²) < 4.78 is 4.95. The summed E-state index contributed by atoms with van der Waals surface area (Å²) in [5, 5.41) is 14.2. The summed E-state index contributed by atoms with van der Waals surface area (Å²) in [6.45, 7) is 1.27. The van der Waals surface area contributed by atoms with E-state index in [-0.39, 0.29) is 29.8 Å². The quantitative estimate of drug-likeness (QED) is 0.813. The van der Waals surface area contributed by atoms with Gasteiger partial charge < -0.3 is 14.6 Å². The van der Waals surface area contributed by atoms with E-state index in [0.717, 1.165) is 32.1 Å². The molecule has 2 fully saturated rings. The minimum atomic E-state index is -0.150. The van der Waals surface area contributed by atoms with Crippen LogP contribution in [-0.4, -0.2) is 61.0 Å². The lowest BCUT2D eigenvalue weighted by Gasteiger charge is -2.41. The Labute approximate surface area is 149 Å². The van der Waals surface area contributed by atoms with E-state index >= 15 is 0 Å². The smallest absolute Gasteiger partial charge is 0.276 e. The van der Waals surface area contributed by atoms with Crippen molar-refractivity contribution < 1.29 is 14.0 Å². The second-order valence-corrected chi connectivity index (χ2v) is 6.99. The molecule has 2 atom stereocenters. The molecule has 10 nitrogen and oxygen atoms in total. The number of oxazole rings is 1. The van der Waals surface area contributed by atoms with Crippen LogP contribution in [0.5, 0.6) is 0 Å². The molecule has 138 valence electrons. The SMILES string of the molecule is O=C(Cn1ncnn1)NCC12CCCCC1N(C(=O)c1cocn1)CC2. The maximum atomic E-state index is 12.7. The van der Waals surface area contributed by atoms with Crippen LogP contribution < -0.4 is 5.32 Å². The van der Waals surface area contributed by atoms with Crippen molar-refractivity contribution in [1.29, 1.82) is 0 Å². The lowest BCUT2D eigenvalue weighted by atomic mass is 9.70. The molecule has 0 aromatic carbocycles. The first-order chi connectivity index (χ1) is 12.7. The first-order valence-electron chi connectivity index (χ1n) is 8.85. The van der Waals surface area contributed by atoms with Gasteiger partial charge in [0.05, 0.1) is 0 Å². The molecule has 4 rings (SSSR count). The lowest BCUT2D eigenvalue weighted by molar-refractivity contribution is -0.122. The van der Waals surface area contributed by atoms with Gasteiger partial charge in [-0.1, -0.05) is 12.8 Å². The Morgan fingerprint density at radius 3 is 3.04 bits per heavy atom. The highest BCUT2D eigenvalue weighted by molar-refractivity contribution is 5.92. The van der Waals surface area contributed by atoms with Crippen LogP contribution in [0.4, 0.5) is 0 Å². The van der Waals surface area contributed by atoms with Crippen molar-refractivity contribution in [3.05, 3.63) is 24.7 Å². The fourth-order valence-electron chi connectivity index (χ4n) is 4.29. The topological polar surface area (TPSA) is 119 Å². The van der Waals surface area contributed by atoms with Crippen LogP contribution in [0, 0.1) is 5.41 Å². The Balaban J connectivity index is 1.43. The van der Waals surface area contributed by atoms with Gasteiger partial charge in [-0.25, -0.2) is 4.98 Å².